The number of cyclic esters (lactones) is 1. The minimum absolute atomic E-state index is 0.0774. The van der Waals surface area contributed by atoms with Gasteiger partial charge in [-0.3, -0.25) is 4.90 Å². The molecule has 2 aromatic rings. The fourth-order valence-corrected chi connectivity index (χ4v) is 3.66. The van der Waals surface area contributed by atoms with Crippen LogP contribution in [0.3, 0.4) is 0 Å². The van der Waals surface area contributed by atoms with Crippen LogP contribution in [0.25, 0.3) is 0 Å². The highest BCUT2D eigenvalue weighted by Gasteiger charge is 2.43. The van der Waals surface area contributed by atoms with E-state index < -0.39 is 17.4 Å². The summed E-state index contributed by atoms with van der Waals surface area (Å²) in [7, 11) is 0. The Bertz CT molecular complexity index is 899. The molecule has 0 atom stereocenters. The van der Waals surface area contributed by atoms with Crippen LogP contribution in [0.1, 0.15) is 25.0 Å². The standard InChI is InChI=1S/C21H27FN6O2/c1-21(2)14-30-20(29)28(21)18-17(22)12-25-19(26-18)24-11-15-3-5-16(6-4-15)13-27-9-7-23-8-10-27/h3-6,12,23H,7-11,13-14H2,1-2H3,(H,24,25,26). The first kappa shape index (κ1) is 20.5. The first-order valence-electron chi connectivity index (χ1n) is 10.2. The number of nitrogens with zero attached hydrogens (tertiary/aromatic N) is 4. The average molecular weight is 414 g/mol. The number of rotatable bonds is 6. The van der Waals surface area contributed by atoms with Gasteiger partial charge >= 0.3 is 6.09 Å². The maximum atomic E-state index is 14.3. The van der Waals surface area contributed by atoms with E-state index in [1.165, 1.54) is 10.5 Å². The number of carbonyl (C=O) groups excluding carboxylic acids is 1. The van der Waals surface area contributed by atoms with Crippen LogP contribution in [-0.4, -0.2) is 59.3 Å². The van der Waals surface area contributed by atoms with Crippen molar-refractivity contribution in [2.24, 2.45) is 0 Å². The van der Waals surface area contributed by atoms with Gasteiger partial charge in [-0.05, 0) is 25.0 Å². The minimum atomic E-state index is -0.677. The summed E-state index contributed by atoms with van der Waals surface area (Å²) < 4.78 is 19.4. The van der Waals surface area contributed by atoms with Gasteiger partial charge in [-0.1, -0.05) is 24.3 Å². The lowest BCUT2D eigenvalue weighted by Gasteiger charge is -2.27. The Balaban J connectivity index is 1.40. The Hall–Kier alpha value is -2.78. The number of benzene rings is 1. The predicted molar refractivity (Wildman–Crippen MR) is 112 cm³/mol. The molecular formula is C21H27FN6O2. The normalized spacial score (nSPS) is 19.0. The first-order valence-corrected chi connectivity index (χ1v) is 10.2. The van der Waals surface area contributed by atoms with Gasteiger partial charge in [-0.25, -0.2) is 19.1 Å². The van der Waals surface area contributed by atoms with Crippen molar-refractivity contribution in [1.82, 2.24) is 20.2 Å². The van der Waals surface area contributed by atoms with Crippen LogP contribution in [0, 0.1) is 5.82 Å². The zero-order chi connectivity index (χ0) is 21.1. The number of hydrogen-bond acceptors (Lipinski definition) is 7. The molecule has 2 saturated heterocycles. The number of piperazine rings is 1. The van der Waals surface area contributed by atoms with Crippen molar-refractivity contribution >= 4 is 17.9 Å². The van der Waals surface area contributed by atoms with E-state index in [9.17, 15) is 9.18 Å². The summed E-state index contributed by atoms with van der Waals surface area (Å²) in [6.45, 7) is 9.42. The summed E-state index contributed by atoms with van der Waals surface area (Å²) in [5, 5.41) is 6.47. The molecule has 2 fully saturated rings. The van der Waals surface area contributed by atoms with Crippen molar-refractivity contribution in [2.45, 2.75) is 32.5 Å². The highest BCUT2D eigenvalue weighted by molar-refractivity contribution is 5.90. The fraction of sp³-hybridized carbons (Fsp3) is 0.476. The SMILES string of the molecule is CC1(C)COC(=O)N1c1nc(NCc2ccc(CN3CCNCC3)cc2)ncc1F. The fourth-order valence-electron chi connectivity index (χ4n) is 3.66. The van der Waals surface area contributed by atoms with Gasteiger partial charge in [-0.2, -0.15) is 4.98 Å². The molecule has 1 aromatic heterocycles. The van der Waals surface area contributed by atoms with Gasteiger partial charge in [0.25, 0.3) is 0 Å². The molecule has 0 radical (unpaired) electrons. The van der Waals surface area contributed by atoms with Gasteiger partial charge < -0.3 is 15.4 Å². The Morgan fingerprint density at radius 2 is 1.90 bits per heavy atom. The molecule has 9 heteroatoms. The molecule has 0 saturated carbocycles. The summed E-state index contributed by atoms with van der Waals surface area (Å²) in [5.41, 5.74) is 1.66. The minimum Gasteiger partial charge on any atom is -0.447 e. The van der Waals surface area contributed by atoms with Crippen molar-refractivity contribution in [3.63, 3.8) is 0 Å². The maximum Gasteiger partial charge on any atom is 0.416 e. The van der Waals surface area contributed by atoms with Crippen LogP contribution in [0.2, 0.25) is 0 Å². The molecule has 2 N–H and O–H groups in total. The third kappa shape index (κ3) is 4.52. The van der Waals surface area contributed by atoms with Gasteiger partial charge in [0.15, 0.2) is 11.6 Å². The number of carbonyl (C=O) groups is 1. The van der Waals surface area contributed by atoms with Crippen LogP contribution in [0.5, 0.6) is 0 Å². The van der Waals surface area contributed by atoms with Gasteiger partial charge in [0.2, 0.25) is 5.95 Å². The summed E-state index contributed by atoms with van der Waals surface area (Å²) in [6, 6.07) is 8.38. The van der Waals surface area contributed by atoms with Crippen molar-refractivity contribution in [1.29, 1.82) is 0 Å². The third-order valence-electron chi connectivity index (χ3n) is 5.36. The third-order valence-corrected chi connectivity index (χ3v) is 5.36. The van der Waals surface area contributed by atoms with E-state index in [4.69, 9.17) is 4.74 Å². The van der Waals surface area contributed by atoms with Crippen molar-refractivity contribution in [3.05, 3.63) is 47.4 Å². The van der Waals surface area contributed by atoms with E-state index in [0.29, 0.717) is 6.54 Å². The highest BCUT2D eigenvalue weighted by Crippen LogP contribution is 2.31. The molecule has 4 rings (SSSR count). The molecule has 0 spiro atoms. The lowest BCUT2D eigenvalue weighted by molar-refractivity contribution is 0.175. The first-order chi connectivity index (χ1) is 14.4. The topological polar surface area (TPSA) is 82.6 Å². The Morgan fingerprint density at radius 1 is 1.20 bits per heavy atom. The second-order valence-corrected chi connectivity index (χ2v) is 8.26. The maximum absolute atomic E-state index is 14.3. The predicted octanol–water partition coefficient (Wildman–Crippen LogP) is 2.37. The molecular weight excluding hydrogens is 387 g/mol. The molecule has 2 aliphatic heterocycles. The smallest absolute Gasteiger partial charge is 0.416 e. The molecule has 160 valence electrons. The lowest BCUT2D eigenvalue weighted by atomic mass is 10.1. The van der Waals surface area contributed by atoms with Crippen LogP contribution >= 0.6 is 0 Å². The van der Waals surface area contributed by atoms with Gasteiger partial charge in [0.1, 0.15) is 6.61 Å². The number of halogens is 1. The second-order valence-electron chi connectivity index (χ2n) is 8.26. The van der Waals surface area contributed by atoms with E-state index >= 15 is 0 Å². The molecule has 3 heterocycles. The Kier molecular flexibility index (Phi) is 5.83. The van der Waals surface area contributed by atoms with Crippen LogP contribution in [0.4, 0.5) is 21.0 Å². The molecule has 1 amide bonds. The van der Waals surface area contributed by atoms with Crippen molar-refractivity contribution in [2.75, 3.05) is 43.0 Å². The van der Waals surface area contributed by atoms with Gasteiger partial charge in [0.05, 0.1) is 11.7 Å². The van der Waals surface area contributed by atoms with E-state index in [1.54, 1.807) is 13.8 Å². The zero-order valence-corrected chi connectivity index (χ0v) is 17.3. The highest BCUT2D eigenvalue weighted by atomic mass is 19.1. The summed E-state index contributed by atoms with van der Waals surface area (Å²) in [5.74, 6) is -0.483. The monoisotopic (exact) mass is 414 g/mol. The number of nitrogens with one attached hydrogen (secondary N) is 2. The van der Waals surface area contributed by atoms with E-state index in [0.717, 1.165) is 44.5 Å². The molecule has 1 aromatic carbocycles. The summed E-state index contributed by atoms with van der Waals surface area (Å²) in [4.78, 5) is 24.0. The largest absolute Gasteiger partial charge is 0.447 e. The van der Waals surface area contributed by atoms with E-state index in [-0.39, 0.29) is 18.4 Å². The average Bonchev–Trinajstić information content (AvgIpc) is 3.02. The van der Waals surface area contributed by atoms with Crippen molar-refractivity contribution < 1.29 is 13.9 Å². The van der Waals surface area contributed by atoms with Gasteiger partial charge in [0, 0.05) is 39.3 Å². The molecule has 0 aliphatic carbocycles. The van der Waals surface area contributed by atoms with E-state index in [2.05, 4.69) is 49.8 Å². The molecule has 2 aliphatic rings. The number of amides is 1. The molecule has 0 unspecified atom stereocenters. The van der Waals surface area contributed by atoms with Crippen LogP contribution in [0.15, 0.2) is 30.5 Å². The molecule has 0 bridgehead atoms. The second kappa shape index (κ2) is 8.53. The zero-order valence-electron chi connectivity index (χ0n) is 17.3. The molecule has 30 heavy (non-hydrogen) atoms. The van der Waals surface area contributed by atoms with E-state index in [1.807, 2.05) is 0 Å². The summed E-state index contributed by atoms with van der Waals surface area (Å²) in [6.07, 6.45) is 0.465. The molecule has 8 nitrogen and oxygen atoms in total. The van der Waals surface area contributed by atoms with Crippen LogP contribution in [-0.2, 0) is 17.8 Å². The number of ether oxygens (including phenoxy) is 1. The lowest BCUT2D eigenvalue weighted by Crippen LogP contribution is -2.43. The van der Waals surface area contributed by atoms with Crippen LogP contribution < -0.4 is 15.5 Å². The summed E-state index contributed by atoms with van der Waals surface area (Å²) >= 11 is 0. The quantitative estimate of drug-likeness (QED) is 0.751. The number of hydrogen-bond donors (Lipinski definition) is 2. The Labute approximate surface area is 175 Å². The van der Waals surface area contributed by atoms with Gasteiger partial charge in [-0.15, -0.1) is 0 Å². The number of aromatic nitrogens is 2. The van der Waals surface area contributed by atoms with Crippen molar-refractivity contribution in [3.8, 4) is 0 Å². The number of anilines is 2. The Morgan fingerprint density at radius 3 is 2.57 bits per heavy atom.